The molecule has 78 valence electrons. The van der Waals surface area contributed by atoms with Gasteiger partial charge in [-0.2, -0.15) is 10.5 Å². The van der Waals surface area contributed by atoms with Gasteiger partial charge < -0.3 is 4.57 Å². The molecule has 0 radical (unpaired) electrons. The Labute approximate surface area is 89.0 Å². The lowest BCUT2D eigenvalue weighted by Crippen LogP contribution is -2.36. The number of rotatable bonds is 4. The second kappa shape index (κ2) is 5.14. The first kappa shape index (κ1) is 11.2. The molecule has 0 saturated heterocycles. The van der Waals surface area contributed by atoms with E-state index in [-0.39, 0.29) is 12.1 Å². The first-order valence-corrected chi connectivity index (χ1v) is 4.74. The molecule has 0 bridgehead atoms. The van der Waals surface area contributed by atoms with Gasteiger partial charge in [-0.25, -0.2) is 4.98 Å². The second-order valence-electron chi connectivity index (χ2n) is 3.52. The van der Waals surface area contributed by atoms with Crippen molar-refractivity contribution in [3.05, 3.63) is 18.2 Å². The van der Waals surface area contributed by atoms with Crippen molar-refractivity contribution in [1.29, 1.82) is 10.5 Å². The summed E-state index contributed by atoms with van der Waals surface area (Å²) in [6, 6.07) is 4.07. The highest BCUT2D eigenvalue weighted by Gasteiger charge is 2.11. The van der Waals surface area contributed by atoms with Crippen molar-refractivity contribution in [3.8, 4) is 12.1 Å². The Kier molecular flexibility index (Phi) is 3.84. The predicted octanol–water partition coefficient (Wildman–Crippen LogP) is 0.645. The van der Waals surface area contributed by atoms with Gasteiger partial charge in [0.25, 0.3) is 0 Å². The van der Waals surface area contributed by atoms with Gasteiger partial charge in [0.2, 0.25) is 5.82 Å². The molecule has 1 N–H and O–H groups in total. The van der Waals surface area contributed by atoms with Crippen LogP contribution in [0, 0.1) is 22.7 Å². The molecule has 0 aliphatic heterocycles. The predicted molar refractivity (Wildman–Crippen MR) is 54.6 cm³/mol. The van der Waals surface area contributed by atoms with Gasteiger partial charge in [-0.3, -0.25) is 5.32 Å². The molecular formula is C10H13N5. The Hall–Kier alpha value is -1.85. The maximum atomic E-state index is 8.91. The van der Waals surface area contributed by atoms with Crippen LogP contribution in [0.2, 0.25) is 0 Å². The number of aromatic nitrogens is 2. The largest absolute Gasteiger partial charge is 0.320 e. The van der Waals surface area contributed by atoms with Crippen molar-refractivity contribution in [2.45, 2.75) is 32.5 Å². The summed E-state index contributed by atoms with van der Waals surface area (Å²) < 4.78 is 1.67. The van der Waals surface area contributed by atoms with Crippen LogP contribution >= 0.6 is 0 Å². The minimum atomic E-state index is -0.300. The van der Waals surface area contributed by atoms with Crippen molar-refractivity contribution in [2.24, 2.45) is 0 Å². The molecule has 0 spiro atoms. The van der Waals surface area contributed by atoms with E-state index < -0.39 is 0 Å². The van der Waals surface area contributed by atoms with Crippen LogP contribution in [0.5, 0.6) is 0 Å². The topological polar surface area (TPSA) is 77.4 Å². The maximum Gasteiger partial charge on any atom is 0.212 e. The Bertz CT molecular complexity index is 393. The lowest BCUT2D eigenvalue weighted by atomic mass is 10.2. The van der Waals surface area contributed by atoms with Crippen molar-refractivity contribution >= 4 is 0 Å². The Balaban J connectivity index is 2.68. The van der Waals surface area contributed by atoms with Crippen LogP contribution < -0.4 is 5.32 Å². The van der Waals surface area contributed by atoms with E-state index in [4.69, 9.17) is 10.5 Å². The normalized spacial score (nSPS) is 12.1. The van der Waals surface area contributed by atoms with E-state index in [0.29, 0.717) is 12.4 Å². The zero-order chi connectivity index (χ0) is 11.3. The lowest BCUT2D eigenvalue weighted by molar-refractivity contribution is 0.475. The van der Waals surface area contributed by atoms with Crippen LogP contribution in [-0.4, -0.2) is 21.6 Å². The molecule has 1 aromatic rings. The quantitative estimate of drug-likeness (QED) is 0.779. The van der Waals surface area contributed by atoms with Gasteiger partial charge in [0.05, 0.1) is 12.6 Å². The minimum Gasteiger partial charge on any atom is -0.320 e. The van der Waals surface area contributed by atoms with E-state index in [1.54, 1.807) is 17.0 Å². The molecule has 0 aliphatic rings. The Morgan fingerprint density at radius 3 is 2.80 bits per heavy atom. The number of hydrogen-bond donors (Lipinski definition) is 1. The fourth-order valence-corrected chi connectivity index (χ4v) is 1.30. The summed E-state index contributed by atoms with van der Waals surface area (Å²) in [5.74, 6) is 0.334. The van der Waals surface area contributed by atoms with Gasteiger partial charge in [-0.1, -0.05) is 0 Å². The fourth-order valence-electron chi connectivity index (χ4n) is 1.30. The van der Waals surface area contributed by atoms with Crippen LogP contribution in [0.25, 0.3) is 0 Å². The number of nitriles is 2. The first-order valence-electron chi connectivity index (χ1n) is 4.74. The average molecular weight is 203 g/mol. The Morgan fingerprint density at radius 2 is 2.27 bits per heavy atom. The third-order valence-corrected chi connectivity index (χ3v) is 1.89. The highest BCUT2D eigenvalue weighted by molar-refractivity contribution is 5.12. The van der Waals surface area contributed by atoms with E-state index >= 15 is 0 Å². The molecule has 1 heterocycles. The molecule has 0 amide bonds. The SMILES string of the molecule is CC(C)NC(C#N)Cn1ccnc1C#N. The molecule has 0 aliphatic carbocycles. The van der Waals surface area contributed by atoms with Crippen LogP contribution in [0.3, 0.4) is 0 Å². The minimum absolute atomic E-state index is 0.240. The van der Waals surface area contributed by atoms with Gasteiger partial charge in [0, 0.05) is 18.4 Å². The summed E-state index contributed by atoms with van der Waals surface area (Å²) >= 11 is 0. The van der Waals surface area contributed by atoms with E-state index in [1.807, 2.05) is 19.9 Å². The van der Waals surface area contributed by atoms with Crippen LogP contribution in [0.1, 0.15) is 19.7 Å². The van der Waals surface area contributed by atoms with Crippen LogP contribution in [0.4, 0.5) is 0 Å². The van der Waals surface area contributed by atoms with Gasteiger partial charge in [-0.05, 0) is 13.8 Å². The highest BCUT2D eigenvalue weighted by Crippen LogP contribution is 1.98. The monoisotopic (exact) mass is 203 g/mol. The van der Waals surface area contributed by atoms with Gasteiger partial charge >= 0.3 is 0 Å². The van der Waals surface area contributed by atoms with Crippen molar-refractivity contribution in [1.82, 2.24) is 14.9 Å². The number of nitrogens with zero attached hydrogens (tertiary/aromatic N) is 4. The van der Waals surface area contributed by atoms with Crippen molar-refractivity contribution in [3.63, 3.8) is 0 Å². The van der Waals surface area contributed by atoms with Gasteiger partial charge in [0.15, 0.2) is 0 Å². The van der Waals surface area contributed by atoms with E-state index in [2.05, 4.69) is 16.4 Å². The zero-order valence-corrected chi connectivity index (χ0v) is 8.81. The van der Waals surface area contributed by atoms with Crippen LogP contribution in [0.15, 0.2) is 12.4 Å². The van der Waals surface area contributed by atoms with Crippen LogP contribution in [-0.2, 0) is 6.54 Å². The Morgan fingerprint density at radius 1 is 1.53 bits per heavy atom. The molecule has 0 fully saturated rings. The summed E-state index contributed by atoms with van der Waals surface area (Å²) in [4.78, 5) is 3.87. The molecule has 15 heavy (non-hydrogen) atoms. The molecule has 1 atom stereocenters. The summed E-state index contributed by atoms with van der Waals surface area (Å²) in [6.45, 7) is 4.39. The third-order valence-electron chi connectivity index (χ3n) is 1.89. The summed E-state index contributed by atoms with van der Waals surface area (Å²) in [7, 11) is 0. The average Bonchev–Trinajstić information content (AvgIpc) is 2.63. The fraction of sp³-hybridized carbons (Fsp3) is 0.500. The molecule has 1 rings (SSSR count). The van der Waals surface area contributed by atoms with E-state index in [1.165, 1.54) is 0 Å². The zero-order valence-electron chi connectivity index (χ0n) is 8.81. The third kappa shape index (κ3) is 3.08. The van der Waals surface area contributed by atoms with E-state index in [9.17, 15) is 0 Å². The molecule has 5 heteroatoms. The van der Waals surface area contributed by atoms with E-state index in [0.717, 1.165) is 0 Å². The molecular weight excluding hydrogens is 190 g/mol. The molecule has 5 nitrogen and oxygen atoms in total. The molecule has 0 saturated carbocycles. The molecule has 1 aromatic heterocycles. The summed E-state index contributed by atoms with van der Waals surface area (Å²) in [5, 5.41) is 20.7. The maximum absolute atomic E-state index is 8.91. The number of nitrogens with one attached hydrogen (secondary N) is 1. The van der Waals surface area contributed by atoms with Crippen molar-refractivity contribution < 1.29 is 0 Å². The smallest absolute Gasteiger partial charge is 0.212 e. The second-order valence-corrected chi connectivity index (χ2v) is 3.52. The summed E-state index contributed by atoms with van der Waals surface area (Å²) in [5.41, 5.74) is 0. The van der Waals surface area contributed by atoms with Gasteiger partial charge in [0.1, 0.15) is 12.1 Å². The standard InChI is InChI=1S/C10H13N5/c1-8(2)14-9(5-11)7-15-4-3-13-10(15)6-12/h3-4,8-9,14H,7H2,1-2H3. The summed E-state index contributed by atoms with van der Waals surface area (Å²) in [6.07, 6.45) is 3.26. The first-order chi connectivity index (χ1) is 7.17. The van der Waals surface area contributed by atoms with Crippen molar-refractivity contribution in [2.75, 3.05) is 0 Å². The highest BCUT2D eigenvalue weighted by atomic mass is 15.1. The number of hydrogen-bond acceptors (Lipinski definition) is 4. The van der Waals surface area contributed by atoms with Gasteiger partial charge in [-0.15, -0.1) is 0 Å². The molecule has 0 aromatic carbocycles. The lowest BCUT2D eigenvalue weighted by Gasteiger charge is -2.15. The number of imidazole rings is 1. The molecule has 1 unspecified atom stereocenters.